The van der Waals surface area contributed by atoms with Gasteiger partial charge in [-0.3, -0.25) is 4.79 Å². The third-order valence-corrected chi connectivity index (χ3v) is 5.75. The molecule has 0 aliphatic carbocycles. The van der Waals surface area contributed by atoms with Crippen molar-refractivity contribution in [3.05, 3.63) is 52.5 Å². The quantitative estimate of drug-likeness (QED) is 0.746. The Morgan fingerprint density at radius 3 is 2.68 bits per heavy atom. The van der Waals surface area contributed by atoms with E-state index in [0.717, 1.165) is 22.2 Å². The topological polar surface area (TPSA) is 84.5 Å². The summed E-state index contributed by atoms with van der Waals surface area (Å²) in [5, 5.41) is 2.77. The van der Waals surface area contributed by atoms with Crippen molar-refractivity contribution in [2.75, 3.05) is 18.5 Å². The van der Waals surface area contributed by atoms with Crippen molar-refractivity contribution < 1.29 is 17.9 Å². The molecule has 1 aliphatic rings. The number of ether oxygens (including phenoxy) is 1. The second kappa shape index (κ2) is 7.55. The van der Waals surface area contributed by atoms with Crippen LogP contribution in [-0.4, -0.2) is 27.5 Å². The highest BCUT2D eigenvalue weighted by atomic mass is 79.9. The molecule has 0 spiro atoms. The highest BCUT2D eigenvalue weighted by molar-refractivity contribution is 9.10. The first-order valence-corrected chi connectivity index (χ1v) is 10.0. The maximum absolute atomic E-state index is 12.1. The largest absolute Gasteiger partial charge is 0.493 e. The SMILES string of the molecule is O=C(CCNS(=O)(=O)c1ccc(Br)cc1)Nc1ccc2c(c1)CCO2. The van der Waals surface area contributed by atoms with E-state index >= 15 is 0 Å². The fourth-order valence-electron chi connectivity index (χ4n) is 2.48. The number of hydrogen-bond acceptors (Lipinski definition) is 4. The summed E-state index contributed by atoms with van der Waals surface area (Å²) in [6.07, 6.45) is 0.870. The van der Waals surface area contributed by atoms with Crippen molar-refractivity contribution in [2.24, 2.45) is 0 Å². The third-order valence-electron chi connectivity index (χ3n) is 3.74. The van der Waals surface area contributed by atoms with Crippen molar-refractivity contribution in [2.45, 2.75) is 17.7 Å². The van der Waals surface area contributed by atoms with Gasteiger partial charge in [-0.1, -0.05) is 15.9 Å². The monoisotopic (exact) mass is 424 g/mol. The molecular formula is C17H17BrN2O4S. The minimum absolute atomic E-state index is 0.0261. The summed E-state index contributed by atoms with van der Waals surface area (Å²) < 4.78 is 32.9. The first kappa shape index (κ1) is 17.9. The van der Waals surface area contributed by atoms with Crippen molar-refractivity contribution >= 4 is 37.5 Å². The number of benzene rings is 2. The van der Waals surface area contributed by atoms with Crippen LogP contribution in [-0.2, 0) is 21.2 Å². The molecule has 3 rings (SSSR count). The molecule has 0 saturated heterocycles. The number of anilines is 1. The van der Waals surface area contributed by atoms with Crippen LogP contribution in [0.1, 0.15) is 12.0 Å². The van der Waals surface area contributed by atoms with Crippen LogP contribution in [0.25, 0.3) is 0 Å². The van der Waals surface area contributed by atoms with Gasteiger partial charge in [-0.15, -0.1) is 0 Å². The molecule has 2 aromatic carbocycles. The van der Waals surface area contributed by atoms with E-state index in [9.17, 15) is 13.2 Å². The van der Waals surface area contributed by atoms with E-state index in [2.05, 4.69) is 26.0 Å². The molecule has 0 unspecified atom stereocenters. The summed E-state index contributed by atoms with van der Waals surface area (Å²) in [6, 6.07) is 11.8. The summed E-state index contributed by atoms with van der Waals surface area (Å²) >= 11 is 3.26. The lowest BCUT2D eigenvalue weighted by Gasteiger charge is -2.08. The number of amides is 1. The molecule has 1 amide bonds. The molecule has 8 heteroatoms. The lowest BCUT2D eigenvalue weighted by Crippen LogP contribution is -2.27. The number of halogens is 1. The maximum Gasteiger partial charge on any atom is 0.240 e. The van der Waals surface area contributed by atoms with Gasteiger partial charge in [0.2, 0.25) is 15.9 Å². The number of sulfonamides is 1. The fraction of sp³-hybridized carbons (Fsp3) is 0.235. The third kappa shape index (κ3) is 4.59. The zero-order valence-corrected chi connectivity index (χ0v) is 15.7. The molecule has 2 N–H and O–H groups in total. The average molecular weight is 425 g/mol. The van der Waals surface area contributed by atoms with Gasteiger partial charge in [-0.05, 0) is 48.0 Å². The van der Waals surface area contributed by atoms with Gasteiger partial charge in [0.25, 0.3) is 0 Å². The first-order valence-electron chi connectivity index (χ1n) is 7.75. The Morgan fingerprint density at radius 2 is 1.92 bits per heavy atom. The average Bonchev–Trinajstić information content (AvgIpc) is 3.02. The number of carbonyl (C=O) groups excluding carboxylic acids is 1. The summed E-state index contributed by atoms with van der Waals surface area (Å²) in [6.45, 7) is 0.683. The van der Waals surface area contributed by atoms with Crippen LogP contribution in [0.5, 0.6) is 5.75 Å². The van der Waals surface area contributed by atoms with Crippen LogP contribution < -0.4 is 14.8 Å². The summed E-state index contributed by atoms with van der Waals surface area (Å²) in [4.78, 5) is 12.2. The Labute approximate surface area is 154 Å². The van der Waals surface area contributed by atoms with Crippen LogP contribution in [0.2, 0.25) is 0 Å². The highest BCUT2D eigenvalue weighted by Gasteiger charge is 2.15. The van der Waals surface area contributed by atoms with Gasteiger partial charge in [-0.25, -0.2) is 13.1 Å². The molecule has 0 radical (unpaired) electrons. The summed E-state index contributed by atoms with van der Waals surface area (Å²) in [5.41, 5.74) is 1.75. The number of hydrogen-bond donors (Lipinski definition) is 2. The smallest absolute Gasteiger partial charge is 0.240 e. The van der Waals surface area contributed by atoms with Crippen molar-refractivity contribution in [3.8, 4) is 5.75 Å². The molecule has 0 aromatic heterocycles. The first-order chi connectivity index (χ1) is 11.9. The Hall–Kier alpha value is -1.90. The van der Waals surface area contributed by atoms with Crippen LogP contribution in [0.4, 0.5) is 5.69 Å². The van der Waals surface area contributed by atoms with Gasteiger partial charge in [0, 0.05) is 29.5 Å². The Bertz CT molecular complexity index is 882. The highest BCUT2D eigenvalue weighted by Crippen LogP contribution is 2.27. The maximum atomic E-state index is 12.1. The van der Waals surface area contributed by atoms with Gasteiger partial charge in [-0.2, -0.15) is 0 Å². The minimum Gasteiger partial charge on any atom is -0.493 e. The van der Waals surface area contributed by atoms with E-state index in [4.69, 9.17) is 4.74 Å². The zero-order valence-electron chi connectivity index (χ0n) is 13.3. The number of rotatable bonds is 6. The van der Waals surface area contributed by atoms with E-state index in [-0.39, 0.29) is 23.8 Å². The van der Waals surface area contributed by atoms with Crippen molar-refractivity contribution in [1.29, 1.82) is 0 Å². The summed E-state index contributed by atoms with van der Waals surface area (Å²) in [7, 11) is -3.62. The summed E-state index contributed by atoms with van der Waals surface area (Å²) in [5.74, 6) is 0.595. The normalized spacial score (nSPS) is 13.2. The number of nitrogens with one attached hydrogen (secondary N) is 2. The zero-order chi connectivity index (χ0) is 17.9. The molecule has 1 heterocycles. The molecule has 0 fully saturated rings. The molecule has 0 saturated carbocycles. The number of fused-ring (bicyclic) bond motifs is 1. The fourth-order valence-corrected chi connectivity index (χ4v) is 3.78. The van der Waals surface area contributed by atoms with Crippen molar-refractivity contribution in [1.82, 2.24) is 4.72 Å². The second-order valence-electron chi connectivity index (χ2n) is 5.57. The van der Waals surface area contributed by atoms with Crippen molar-refractivity contribution in [3.63, 3.8) is 0 Å². The van der Waals surface area contributed by atoms with Gasteiger partial charge in [0.15, 0.2) is 0 Å². The molecule has 0 bridgehead atoms. The van der Waals surface area contributed by atoms with Crippen LogP contribution >= 0.6 is 15.9 Å². The Kier molecular flexibility index (Phi) is 5.41. The van der Waals surface area contributed by atoms with E-state index < -0.39 is 10.0 Å². The Balaban J connectivity index is 1.51. The van der Waals surface area contributed by atoms with Gasteiger partial charge in [0.1, 0.15) is 5.75 Å². The minimum atomic E-state index is -3.62. The Morgan fingerprint density at radius 1 is 1.16 bits per heavy atom. The molecule has 6 nitrogen and oxygen atoms in total. The molecule has 0 atom stereocenters. The van der Waals surface area contributed by atoms with E-state index in [1.165, 1.54) is 12.1 Å². The molecular weight excluding hydrogens is 408 g/mol. The van der Waals surface area contributed by atoms with Crippen LogP contribution in [0, 0.1) is 0 Å². The predicted molar refractivity (Wildman–Crippen MR) is 98.2 cm³/mol. The molecule has 25 heavy (non-hydrogen) atoms. The lowest BCUT2D eigenvalue weighted by atomic mass is 10.1. The van der Waals surface area contributed by atoms with Gasteiger partial charge >= 0.3 is 0 Å². The second-order valence-corrected chi connectivity index (χ2v) is 8.25. The van der Waals surface area contributed by atoms with E-state index in [1.54, 1.807) is 18.2 Å². The van der Waals surface area contributed by atoms with Crippen LogP contribution in [0.3, 0.4) is 0 Å². The molecule has 2 aromatic rings. The van der Waals surface area contributed by atoms with E-state index in [1.807, 2.05) is 12.1 Å². The molecule has 132 valence electrons. The number of carbonyl (C=O) groups is 1. The predicted octanol–water partition coefficient (Wildman–Crippen LogP) is 2.69. The standard InChI is InChI=1S/C17H17BrN2O4S/c18-13-1-4-15(5-2-13)25(22,23)19-9-7-17(21)20-14-3-6-16-12(11-14)8-10-24-16/h1-6,11,19H,7-10H2,(H,20,21). The van der Waals surface area contributed by atoms with Gasteiger partial charge < -0.3 is 10.1 Å². The van der Waals surface area contributed by atoms with Crippen LogP contribution in [0.15, 0.2) is 51.8 Å². The lowest BCUT2D eigenvalue weighted by molar-refractivity contribution is -0.116. The van der Waals surface area contributed by atoms with Gasteiger partial charge in [0.05, 0.1) is 11.5 Å². The van der Waals surface area contributed by atoms with E-state index in [0.29, 0.717) is 12.3 Å². The molecule has 1 aliphatic heterocycles.